The molecule has 2 aliphatic heterocycles. The number of hydrogen-bond acceptors (Lipinski definition) is 5. The van der Waals surface area contributed by atoms with Gasteiger partial charge in [0, 0.05) is 50.2 Å². The Morgan fingerprint density at radius 3 is 2.66 bits per heavy atom. The number of furan rings is 1. The molecule has 8 nitrogen and oxygen atoms in total. The van der Waals surface area contributed by atoms with Gasteiger partial charge >= 0.3 is 0 Å². The Labute approximate surface area is 187 Å². The number of rotatable bonds is 5. The van der Waals surface area contributed by atoms with Crippen molar-refractivity contribution < 1.29 is 18.8 Å². The van der Waals surface area contributed by atoms with Crippen LogP contribution in [0.4, 0.5) is 0 Å². The van der Waals surface area contributed by atoms with E-state index in [4.69, 9.17) is 4.42 Å². The van der Waals surface area contributed by atoms with Gasteiger partial charge < -0.3 is 19.5 Å². The molecule has 1 atom stereocenters. The molecule has 0 bridgehead atoms. The van der Waals surface area contributed by atoms with Crippen LogP contribution in [-0.2, 0) is 9.59 Å². The van der Waals surface area contributed by atoms with Crippen LogP contribution in [0.2, 0.25) is 0 Å². The Morgan fingerprint density at radius 1 is 1.22 bits per heavy atom. The molecule has 2 saturated heterocycles. The average Bonchev–Trinajstić information content (AvgIpc) is 3.23. The van der Waals surface area contributed by atoms with Gasteiger partial charge in [-0.25, -0.2) is 0 Å². The highest BCUT2D eigenvalue weighted by atomic mass is 16.3. The predicted molar refractivity (Wildman–Crippen MR) is 118 cm³/mol. The van der Waals surface area contributed by atoms with E-state index >= 15 is 0 Å². The molecule has 5 rings (SSSR count). The number of pyridine rings is 1. The quantitative estimate of drug-likeness (QED) is 0.773. The SMILES string of the molecule is CC(C)C(=O)N1CC(C(=O)N2CCC3(CC2)CC3CNC(=O)c2cc3ccncc3o2)C1. The maximum Gasteiger partial charge on any atom is 0.287 e. The minimum Gasteiger partial charge on any atom is -0.449 e. The van der Waals surface area contributed by atoms with E-state index in [9.17, 15) is 14.4 Å². The summed E-state index contributed by atoms with van der Waals surface area (Å²) in [5.41, 5.74) is 0.863. The van der Waals surface area contributed by atoms with Crippen LogP contribution >= 0.6 is 0 Å². The van der Waals surface area contributed by atoms with Crippen molar-refractivity contribution in [3.63, 3.8) is 0 Å². The highest BCUT2D eigenvalue weighted by Gasteiger charge is 2.55. The molecule has 8 heteroatoms. The van der Waals surface area contributed by atoms with Crippen molar-refractivity contribution in [1.29, 1.82) is 0 Å². The number of aromatic nitrogens is 1. The number of nitrogens with one attached hydrogen (secondary N) is 1. The normalized spacial score (nSPS) is 22.3. The summed E-state index contributed by atoms with van der Waals surface area (Å²) >= 11 is 0. The van der Waals surface area contributed by atoms with Crippen LogP contribution in [0.1, 0.15) is 43.7 Å². The predicted octanol–water partition coefficient (Wildman–Crippen LogP) is 2.30. The second-order valence-electron chi connectivity index (χ2n) is 9.92. The Morgan fingerprint density at radius 2 is 1.97 bits per heavy atom. The molecule has 2 aromatic heterocycles. The number of fused-ring (bicyclic) bond motifs is 1. The maximum atomic E-state index is 12.8. The Hall–Kier alpha value is -2.90. The summed E-state index contributed by atoms with van der Waals surface area (Å²) in [5.74, 6) is 0.844. The lowest BCUT2D eigenvalue weighted by molar-refractivity contribution is -0.151. The molecule has 32 heavy (non-hydrogen) atoms. The Bertz CT molecular complexity index is 1010. The third-order valence-corrected chi connectivity index (χ3v) is 7.52. The molecule has 1 unspecified atom stereocenters. The average molecular weight is 439 g/mol. The highest BCUT2D eigenvalue weighted by Crippen LogP contribution is 2.59. The van der Waals surface area contributed by atoms with E-state index in [-0.39, 0.29) is 35.0 Å². The van der Waals surface area contributed by atoms with Gasteiger partial charge in [0.25, 0.3) is 5.91 Å². The highest BCUT2D eigenvalue weighted by molar-refractivity contribution is 5.95. The van der Waals surface area contributed by atoms with Crippen LogP contribution < -0.4 is 5.32 Å². The fraction of sp³-hybridized carbons (Fsp3) is 0.583. The Balaban J connectivity index is 1.07. The van der Waals surface area contributed by atoms with Crippen molar-refractivity contribution in [3.8, 4) is 0 Å². The first kappa shape index (κ1) is 21.0. The van der Waals surface area contributed by atoms with Crippen molar-refractivity contribution in [1.82, 2.24) is 20.1 Å². The summed E-state index contributed by atoms with van der Waals surface area (Å²) in [7, 11) is 0. The molecule has 3 fully saturated rings. The fourth-order valence-electron chi connectivity index (χ4n) is 5.24. The van der Waals surface area contributed by atoms with Crippen LogP contribution in [-0.4, -0.2) is 65.2 Å². The lowest BCUT2D eigenvalue weighted by Gasteiger charge is -2.43. The van der Waals surface area contributed by atoms with Crippen molar-refractivity contribution in [2.24, 2.45) is 23.2 Å². The van der Waals surface area contributed by atoms with Crippen LogP contribution in [0.3, 0.4) is 0 Å². The third kappa shape index (κ3) is 3.76. The van der Waals surface area contributed by atoms with Crippen LogP contribution in [0.5, 0.6) is 0 Å². The van der Waals surface area contributed by atoms with Gasteiger partial charge in [-0.2, -0.15) is 0 Å². The minimum atomic E-state index is -0.193. The van der Waals surface area contributed by atoms with Gasteiger partial charge in [0.15, 0.2) is 11.3 Å². The summed E-state index contributed by atoms with van der Waals surface area (Å²) in [4.78, 5) is 45.1. The molecule has 1 saturated carbocycles. The van der Waals surface area contributed by atoms with E-state index in [1.54, 1.807) is 23.4 Å². The van der Waals surface area contributed by atoms with Gasteiger partial charge in [-0.1, -0.05) is 13.8 Å². The molecule has 170 valence electrons. The number of carbonyl (C=O) groups excluding carboxylic acids is 3. The lowest BCUT2D eigenvalue weighted by atomic mass is 9.89. The zero-order valence-electron chi connectivity index (χ0n) is 18.7. The number of hydrogen-bond donors (Lipinski definition) is 1. The number of nitrogens with zero attached hydrogens (tertiary/aromatic N) is 3. The summed E-state index contributed by atoms with van der Waals surface area (Å²) in [6.07, 6.45) is 6.35. The van der Waals surface area contributed by atoms with E-state index in [1.807, 2.05) is 24.8 Å². The lowest BCUT2D eigenvalue weighted by Crippen LogP contribution is -2.58. The van der Waals surface area contributed by atoms with Gasteiger partial charge in [0.2, 0.25) is 11.8 Å². The molecular formula is C24H30N4O4. The molecule has 2 aromatic rings. The van der Waals surface area contributed by atoms with Gasteiger partial charge in [-0.3, -0.25) is 19.4 Å². The van der Waals surface area contributed by atoms with Crippen molar-refractivity contribution in [3.05, 3.63) is 30.3 Å². The zero-order valence-corrected chi connectivity index (χ0v) is 18.7. The van der Waals surface area contributed by atoms with Crippen molar-refractivity contribution >= 4 is 28.7 Å². The molecular weight excluding hydrogens is 408 g/mol. The van der Waals surface area contributed by atoms with E-state index in [1.165, 1.54) is 0 Å². The van der Waals surface area contributed by atoms with Crippen molar-refractivity contribution in [2.45, 2.75) is 33.1 Å². The topological polar surface area (TPSA) is 95.8 Å². The molecule has 4 heterocycles. The Kier molecular flexibility index (Phi) is 5.18. The monoisotopic (exact) mass is 438 g/mol. The van der Waals surface area contributed by atoms with Crippen LogP contribution in [0.25, 0.3) is 11.0 Å². The molecule has 0 aromatic carbocycles. The second kappa shape index (κ2) is 7.90. The largest absolute Gasteiger partial charge is 0.449 e. The molecule has 1 spiro atoms. The van der Waals surface area contributed by atoms with Gasteiger partial charge in [-0.15, -0.1) is 0 Å². The minimum absolute atomic E-state index is 0.0166. The molecule has 0 radical (unpaired) electrons. The van der Waals surface area contributed by atoms with Gasteiger partial charge in [0.05, 0.1) is 12.1 Å². The summed E-state index contributed by atoms with van der Waals surface area (Å²) in [6.45, 7) is 7.09. The molecule has 3 amide bonds. The number of amides is 3. The van der Waals surface area contributed by atoms with E-state index < -0.39 is 0 Å². The van der Waals surface area contributed by atoms with Gasteiger partial charge in [0.1, 0.15) is 0 Å². The second-order valence-corrected chi connectivity index (χ2v) is 9.92. The van der Waals surface area contributed by atoms with E-state index in [0.717, 1.165) is 37.7 Å². The van der Waals surface area contributed by atoms with Crippen LogP contribution in [0.15, 0.2) is 28.9 Å². The first-order valence-corrected chi connectivity index (χ1v) is 11.6. The fourth-order valence-corrected chi connectivity index (χ4v) is 5.24. The summed E-state index contributed by atoms with van der Waals surface area (Å²) < 4.78 is 5.59. The molecule has 3 aliphatic rings. The number of carbonyl (C=O) groups is 3. The van der Waals surface area contributed by atoms with E-state index in [0.29, 0.717) is 36.9 Å². The first-order valence-electron chi connectivity index (χ1n) is 11.6. The summed E-state index contributed by atoms with van der Waals surface area (Å²) in [5, 5.41) is 3.89. The molecule has 1 aliphatic carbocycles. The maximum absolute atomic E-state index is 12.8. The number of likely N-dealkylation sites (tertiary alicyclic amines) is 2. The molecule has 1 N–H and O–H groups in total. The first-order chi connectivity index (χ1) is 15.4. The number of piperidine rings is 1. The van der Waals surface area contributed by atoms with Crippen molar-refractivity contribution in [2.75, 3.05) is 32.7 Å². The summed E-state index contributed by atoms with van der Waals surface area (Å²) in [6, 6.07) is 3.57. The zero-order chi connectivity index (χ0) is 22.5. The van der Waals surface area contributed by atoms with E-state index in [2.05, 4.69) is 10.3 Å². The third-order valence-electron chi connectivity index (χ3n) is 7.52. The van der Waals surface area contributed by atoms with Crippen LogP contribution in [0, 0.1) is 23.2 Å². The standard InChI is InChI=1S/C24H30N4O4/c1-15(2)22(30)28-13-17(14-28)23(31)27-7-4-24(5-8-27)10-18(24)11-26-21(29)19-9-16-3-6-25-12-20(16)32-19/h3,6,9,12,15,17-18H,4-5,7-8,10-11,13-14H2,1-2H3,(H,26,29). The smallest absolute Gasteiger partial charge is 0.287 e. The van der Waals surface area contributed by atoms with Gasteiger partial charge in [-0.05, 0) is 42.7 Å².